The van der Waals surface area contributed by atoms with Gasteiger partial charge in [-0.3, -0.25) is 4.79 Å². The van der Waals surface area contributed by atoms with Crippen LogP contribution in [-0.2, 0) is 27.4 Å². The Morgan fingerprint density at radius 1 is 1.07 bits per heavy atom. The molecule has 28 heavy (non-hydrogen) atoms. The summed E-state index contributed by atoms with van der Waals surface area (Å²) in [6, 6.07) is 8.15. The molecule has 1 amide bonds. The fraction of sp³-hybridized carbons (Fsp3) is 0.619. The lowest BCUT2D eigenvalue weighted by Gasteiger charge is -2.21. The molecule has 0 unspecified atom stereocenters. The first-order valence-electron chi connectivity index (χ1n) is 9.90. The smallest absolute Gasteiger partial charge is 0.239 e. The minimum atomic E-state index is -0.251. The summed E-state index contributed by atoms with van der Waals surface area (Å²) in [6.45, 7) is 13.7. The van der Waals surface area contributed by atoms with Crippen LogP contribution < -0.4 is 16.0 Å². The third-order valence-electron chi connectivity index (χ3n) is 3.53. The van der Waals surface area contributed by atoms with Crippen molar-refractivity contribution >= 4 is 11.9 Å². The number of rotatable bonds is 11. The van der Waals surface area contributed by atoms with E-state index >= 15 is 0 Å². The van der Waals surface area contributed by atoms with Crippen molar-refractivity contribution in [2.45, 2.75) is 53.3 Å². The van der Waals surface area contributed by atoms with Gasteiger partial charge >= 0.3 is 0 Å². The van der Waals surface area contributed by atoms with Gasteiger partial charge in [-0.25, -0.2) is 4.99 Å². The monoisotopic (exact) mass is 392 g/mol. The fourth-order valence-corrected chi connectivity index (χ4v) is 2.41. The molecule has 0 spiro atoms. The highest BCUT2D eigenvalue weighted by atomic mass is 16.5. The highest BCUT2D eigenvalue weighted by Gasteiger charge is 2.13. The summed E-state index contributed by atoms with van der Waals surface area (Å²) in [4.78, 5) is 16.5. The third-order valence-corrected chi connectivity index (χ3v) is 3.53. The van der Waals surface area contributed by atoms with E-state index in [0.717, 1.165) is 17.7 Å². The maximum Gasteiger partial charge on any atom is 0.239 e. The van der Waals surface area contributed by atoms with Gasteiger partial charge in [-0.2, -0.15) is 0 Å². The molecule has 0 heterocycles. The van der Waals surface area contributed by atoms with Crippen molar-refractivity contribution in [2.24, 2.45) is 4.99 Å². The Morgan fingerprint density at radius 2 is 1.79 bits per heavy atom. The zero-order chi connectivity index (χ0) is 20.8. The van der Waals surface area contributed by atoms with Crippen LogP contribution in [0.4, 0.5) is 0 Å². The normalized spacial score (nSPS) is 12.0. The minimum absolute atomic E-state index is 0.0655. The number of aliphatic imine (C=N–C) groups is 1. The molecule has 1 aromatic rings. The number of carbonyl (C=O) groups excluding carboxylic acids is 1. The van der Waals surface area contributed by atoms with Gasteiger partial charge in [-0.15, -0.1) is 0 Å². The Bertz CT molecular complexity index is 612. The predicted molar refractivity (Wildman–Crippen MR) is 113 cm³/mol. The average Bonchev–Trinajstić information content (AvgIpc) is 2.63. The molecule has 0 radical (unpaired) electrons. The van der Waals surface area contributed by atoms with Crippen LogP contribution in [0.25, 0.3) is 0 Å². The summed E-state index contributed by atoms with van der Waals surface area (Å²) in [5, 5.41) is 9.15. The van der Waals surface area contributed by atoms with Crippen LogP contribution in [0, 0.1) is 0 Å². The van der Waals surface area contributed by atoms with Crippen LogP contribution in [0.3, 0.4) is 0 Å². The molecule has 0 bridgehead atoms. The first-order valence-corrected chi connectivity index (χ1v) is 9.90. The van der Waals surface area contributed by atoms with E-state index in [1.165, 1.54) is 0 Å². The molecule has 0 fully saturated rings. The highest BCUT2D eigenvalue weighted by Crippen LogP contribution is 2.08. The van der Waals surface area contributed by atoms with E-state index in [4.69, 9.17) is 9.47 Å². The van der Waals surface area contributed by atoms with Gasteiger partial charge in [0.2, 0.25) is 5.91 Å². The Hall–Kier alpha value is -2.12. The molecule has 0 atom stereocenters. The van der Waals surface area contributed by atoms with Crippen LogP contribution in [0.1, 0.15) is 45.7 Å². The van der Waals surface area contributed by atoms with Gasteiger partial charge in [-0.05, 0) is 45.7 Å². The van der Waals surface area contributed by atoms with Crippen LogP contribution in [-0.4, -0.2) is 50.3 Å². The molecule has 0 saturated heterocycles. The van der Waals surface area contributed by atoms with Crippen LogP contribution in [0.2, 0.25) is 0 Å². The largest absolute Gasteiger partial charge is 0.379 e. The van der Waals surface area contributed by atoms with Gasteiger partial charge in [0.15, 0.2) is 5.96 Å². The van der Waals surface area contributed by atoms with E-state index in [1.54, 1.807) is 0 Å². The molecular formula is C21H36N4O3. The van der Waals surface area contributed by atoms with Crippen molar-refractivity contribution in [2.75, 3.05) is 32.9 Å². The second-order valence-electron chi connectivity index (χ2n) is 7.42. The fourth-order valence-electron chi connectivity index (χ4n) is 2.41. The van der Waals surface area contributed by atoms with Gasteiger partial charge in [0, 0.05) is 18.7 Å². The van der Waals surface area contributed by atoms with Gasteiger partial charge < -0.3 is 25.4 Å². The van der Waals surface area contributed by atoms with Gasteiger partial charge in [-0.1, -0.05) is 24.3 Å². The highest BCUT2D eigenvalue weighted by molar-refractivity contribution is 5.86. The SMILES string of the molecule is CCNC(=NCc1cccc(COCCOCC)c1)NCC(=O)NC(C)(C)C. The summed E-state index contributed by atoms with van der Waals surface area (Å²) in [5.74, 6) is 0.550. The lowest BCUT2D eigenvalue weighted by atomic mass is 10.1. The van der Waals surface area contributed by atoms with E-state index in [2.05, 4.69) is 27.0 Å². The van der Waals surface area contributed by atoms with Crippen molar-refractivity contribution < 1.29 is 14.3 Å². The molecule has 0 saturated carbocycles. The van der Waals surface area contributed by atoms with Crippen LogP contribution in [0.5, 0.6) is 0 Å². The summed E-state index contributed by atoms with van der Waals surface area (Å²) in [7, 11) is 0. The maximum absolute atomic E-state index is 12.0. The van der Waals surface area contributed by atoms with Gasteiger partial charge in [0.1, 0.15) is 0 Å². The molecule has 158 valence electrons. The lowest BCUT2D eigenvalue weighted by molar-refractivity contribution is -0.121. The molecular weight excluding hydrogens is 356 g/mol. The van der Waals surface area contributed by atoms with Crippen molar-refractivity contribution in [1.82, 2.24) is 16.0 Å². The Labute approximate surface area is 169 Å². The molecule has 3 N–H and O–H groups in total. The Kier molecular flexibility index (Phi) is 11.2. The van der Waals surface area contributed by atoms with Crippen LogP contribution >= 0.6 is 0 Å². The molecule has 7 heteroatoms. The number of hydrogen-bond acceptors (Lipinski definition) is 4. The molecule has 1 rings (SSSR count). The first kappa shape index (κ1) is 23.9. The standard InChI is InChI=1S/C21H36N4O3/c1-6-22-20(24-15-19(26)25-21(3,4)5)23-14-17-9-8-10-18(13-17)16-28-12-11-27-7-2/h8-10,13H,6-7,11-12,14-16H2,1-5H3,(H,25,26)(H2,22,23,24). The van der Waals surface area contributed by atoms with E-state index in [0.29, 0.717) is 38.9 Å². The van der Waals surface area contributed by atoms with E-state index in [-0.39, 0.29) is 18.0 Å². The molecule has 0 aromatic heterocycles. The number of hydrogen-bond donors (Lipinski definition) is 3. The molecule has 1 aromatic carbocycles. The van der Waals surface area contributed by atoms with Gasteiger partial charge in [0.05, 0.1) is 32.9 Å². The van der Waals surface area contributed by atoms with E-state index in [1.807, 2.05) is 52.8 Å². The molecule has 0 aliphatic heterocycles. The number of amides is 1. The van der Waals surface area contributed by atoms with Gasteiger partial charge in [0.25, 0.3) is 0 Å². The average molecular weight is 393 g/mol. The number of nitrogens with one attached hydrogen (secondary N) is 3. The first-order chi connectivity index (χ1) is 13.3. The zero-order valence-corrected chi connectivity index (χ0v) is 17.9. The van der Waals surface area contributed by atoms with E-state index < -0.39 is 0 Å². The Balaban J connectivity index is 2.54. The Morgan fingerprint density at radius 3 is 2.46 bits per heavy atom. The van der Waals surface area contributed by atoms with Crippen molar-refractivity contribution in [3.8, 4) is 0 Å². The number of guanidine groups is 1. The second kappa shape index (κ2) is 13.1. The maximum atomic E-state index is 12.0. The van der Waals surface area contributed by atoms with Crippen molar-refractivity contribution in [3.63, 3.8) is 0 Å². The molecule has 0 aliphatic carbocycles. The molecule has 0 aliphatic rings. The number of ether oxygens (including phenoxy) is 2. The summed E-state index contributed by atoms with van der Waals surface area (Å²) in [5.41, 5.74) is 1.94. The number of carbonyl (C=O) groups is 1. The predicted octanol–water partition coefficient (Wildman–Crippen LogP) is 2.21. The summed E-state index contributed by atoms with van der Waals surface area (Å²) in [6.07, 6.45) is 0. The lowest BCUT2D eigenvalue weighted by Crippen LogP contribution is -2.48. The second-order valence-corrected chi connectivity index (χ2v) is 7.42. The summed E-state index contributed by atoms with van der Waals surface area (Å²) >= 11 is 0. The molecule has 7 nitrogen and oxygen atoms in total. The third kappa shape index (κ3) is 11.6. The van der Waals surface area contributed by atoms with Crippen molar-refractivity contribution in [1.29, 1.82) is 0 Å². The van der Waals surface area contributed by atoms with Crippen molar-refractivity contribution in [3.05, 3.63) is 35.4 Å². The number of benzene rings is 1. The summed E-state index contributed by atoms with van der Waals surface area (Å²) < 4.78 is 10.9. The zero-order valence-electron chi connectivity index (χ0n) is 17.9. The van der Waals surface area contributed by atoms with E-state index in [9.17, 15) is 4.79 Å². The minimum Gasteiger partial charge on any atom is -0.379 e. The number of nitrogens with zero attached hydrogens (tertiary/aromatic N) is 1. The quantitative estimate of drug-likeness (QED) is 0.305. The topological polar surface area (TPSA) is 84.0 Å². The van der Waals surface area contributed by atoms with Crippen LogP contribution in [0.15, 0.2) is 29.3 Å².